The smallest absolute Gasteiger partial charge is 0.261 e. The topological polar surface area (TPSA) is 111 Å². The van der Waals surface area contributed by atoms with Crippen LogP contribution < -0.4 is 14.8 Å². The van der Waals surface area contributed by atoms with Crippen molar-refractivity contribution in [3.05, 3.63) is 65.9 Å². The van der Waals surface area contributed by atoms with Crippen LogP contribution in [0.5, 0.6) is 5.75 Å². The second-order valence-corrected chi connectivity index (χ2v) is 7.32. The molecule has 0 unspecified atom stereocenters. The van der Waals surface area contributed by atoms with Crippen molar-refractivity contribution in [2.75, 3.05) is 17.1 Å². The fraction of sp³-hybridized carbons (Fsp3) is 0.111. The summed E-state index contributed by atoms with van der Waals surface area (Å²) in [7, 11) is -2.30. The van der Waals surface area contributed by atoms with Crippen LogP contribution in [0, 0.1) is 6.92 Å². The van der Waals surface area contributed by atoms with Crippen LogP contribution in [0.2, 0.25) is 0 Å². The van der Waals surface area contributed by atoms with E-state index in [1.54, 1.807) is 37.3 Å². The molecule has 0 atom stereocenters. The SMILES string of the molecule is COc1cccc(NS(=O)(=O)c2ccc(C(=O)Nc3cc(C)on3)cc2)c1. The van der Waals surface area contributed by atoms with Crippen molar-refractivity contribution >= 4 is 27.4 Å². The Morgan fingerprint density at radius 3 is 2.48 bits per heavy atom. The Bertz CT molecular complexity index is 1060. The Balaban J connectivity index is 1.74. The minimum absolute atomic E-state index is 0.0270. The monoisotopic (exact) mass is 387 g/mol. The second kappa shape index (κ2) is 7.50. The third kappa shape index (κ3) is 4.45. The van der Waals surface area contributed by atoms with Crippen LogP contribution in [0.15, 0.2) is 64.0 Å². The molecule has 27 heavy (non-hydrogen) atoms. The molecule has 0 saturated carbocycles. The maximum Gasteiger partial charge on any atom is 0.261 e. The lowest BCUT2D eigenvalue weighted by Crippen LogP contribution is -2.15. The van der Waals surface area contributed by atoms with Gasteiger partial charge in [0, 0.05) is 17.7 Å². The zero-order chi connectivity index (χ0) is 19.4. The number of anilines is 2. The molecule has 1 amide bonds. The van der Waals surface area contributed by atoms with Crippen molar-refractivity contribution in [3.63, 3.8) is 0 Å². The van der Waals surface area contributed by atoms with Gasteiger partial charge in [-0.3, -0.25) is 9.52 Å². The van der Waals surface area contributed by atoms with Gasteiger partial charge >= 0.3 is 0 Å². The number of rotatable bonds is 6. The molecule has 2 aromatic carbocycles. The highest BCUT2D eigenvalue weighted by Crippen LogP contribution is 2.21. The van der Waals surface area contributed by atoms with Gasteiger partial charge in [0.2, 0.25) is 0 Å². The second-order valence-electron chi connectivity index (χ2n) is 5.64. The number of aromatic nitrogens is 1. The van der Waals surface area contributed by atoms with Gasteiger partial charge in [-0.15, -0.1) is 0 Å². The van der Waals surface area contributed by atoms with E-state index >= 15 is 0 Å². The van der Waals surface area contributed by atoms with Gasteiger partial charge in [-0.05, 0) is 43.3 Å². The van der Waals surface area contributed by atoms with E-state index in [1.165, 1.54) is 31.4 Å². The Morgan fingerprint density at radius 1 is 1.11 bits per heavy atom. The molecular weight excluding hydrogens is 370 g/mol. The molecule has 0 fully saturated rings. The van der Waals surface area contributed by atoms with Crippen LogP contribution in [-0.2, 0) is 10.0 Å². The van der Waals surface area contributed by atoms with Gasteiger partial charge in [0.15, 0.2) is 5.82 Å². The number of hydrogen-bond acceptors (Lipinski definition) is 6. The molecule has 1 aromatic heterocycles. The predicted octanol–water partition coefficient (Wildman–Crippen LogP) is 3.04. The van der Waals surface area contributed by atoms with Crippen molar-refractivity contribution in [2.24, 2.45) is 0 Å². The van der Waals surface area contributed by atoms with E-state index in [9.17, 15) is 13.2 Å². The van der Waals surface area contributed by atoms with E-state index in [0.717, 1.165) is 0 Å². The van der Waals surface area contributed by atoms with Crippen LogP contribution in [0.4, 0.5) is 11.5 Å². The third-order valence-electron chi connectivity index (χ3n) is 3.62. The summed E-state index contributed by atoms with van der Waals surface area (Å²) >= 11 is 0. The summed E-state index contributed by atoms with van der Waals surface area (Å²) in [4.78, 5) is 12.2. The van der Waals surface area contributed by atoms with Crippen LogP contribution in [0.1, 0.15) is 16.1 Å². The number of nitrogens with one attached hydrogen (secondary N) is 2. The quantitative estimate of drug-likeness (QED) is 0.673. The molecule has 0 bridgehead atoms. The number of sulfonamides is 1. The van der Waals surface area contributed by atoms with Gasteiger partial charge in [0.25, 0.3) is 15.9 Å². The van der Waals surface area contributed by atoms with E-state index in [1.807, 2.05) is 0 Å². The maximum absolute atomic E-state index is 12.5. The number of aryl methyl sites for hydroxylation is 1. The summed E-state index contributed by atoms with van der Waals surface area (Å²) in [6.07, 6.45) is 0. The molecule has 0 radical (unpaired) electrons. The standard InChI is InChI=1S/C18H17N3O5S/c1-12-10-17(20-26-12)19-18(22)13-6-8-16(9-7-13)27(23,24)21-14-4-3-5-15(11-14)25-2/h3-11,21H,1-2H3,(H,19,20,22). The number of ether oxygens (including phenoxy) is 1. The van der Waals surface area contributed by atoms with E-state index in [-0.39, 0.29) is 16.3 Å². The van der Waals surface area contributed by atoms with Crippen molar-refractivity contribution in [2.45, 2.75) is 11.8 Å². The summed E-state index contributed by atoms with van der Waals surface area (Å²) in [6, 6.07) is 13.7. The Labute approximate surface area is 156 Å². The number of methoxy groups -OCH3 is 1. The van der Waals surface area contributed by atoms with Crippen LogP contribution in [-0.4, -0.2) is 26.6 Å². The summed E-state index contributed by atoms with van der Waals surface area (Å²) in [5.74, 6) is 0.961. The van der Waals surface area contributed by atoms with Crippen molar-refractivity contribution < 1.29 is 22.5 Å². The van der Waals surface area contributed by atoms with Gasteiger partial charge in [-0.25, -0.2) is 8.42 Å². The Kier molecular flexibility index (Phi) is 5.13. The highest BCUT2D eigenvalue weighted by Gasteiger charge is 2.16. The minimum Gasteiger partial charge on any atom is -0.497 e. The van der Waals surface area contributed by atoms with Crippen LogP contribution in [0.3, 0.4) is 0 Å². The van der Waals surface area contributed by atoms with E-state index in [0.29, 0.717) is 17.2 Å². The first-order valence-corrected chi connectivity index (χ1v) is 9.37. The molecule has 0 aliphatic rings. The molecular formula is C18H17N3O5S. The first-order chi connectivity index (χ1) is 12.9. The molecule has 9 heteroatoms. The normalized spacial score (nSPS) is 11.0. The Hall–Kier alpha value is -3.33. The molecule has 2 N–H and O–H groups in total. The molecule has 0 spiro atoms. The van der Waals surface area contributed by atoms with Gasteiger partial charge in [0.1, 0.15) is 11.5 Å². The number of hydrogen-bond donors (Lipinski definition) is 2. The molecule has 3 aromatic rings. The largest absolute Gasteiger partial charge is 0.497 e. The fourth-order valence-electron chi connectivity index (χ4n) is 2.30. The Morgan fingerprint density at radius 2 is 1.85 bits per heavy atom. The summed E-state index contributed by atoms with van der Waals surface area (Å²) in [5.41, 5.74) is 0.661. The minimum atomic E-state index is -3.80. The number of nitrogens with zero attached hydrogens (tertiary/aromatic N) is 1. The third-order valence-corrected chi connectivity index (χ3v) is 5.02. The highest BCUT2D eigenvalue weighted by atomic mass is 32.2. The highest BCUT2D eigenvalue weighted by molar-refractivity contribution is 7.92. The summed E-state index contributed by atoms with van der Waals surface area (Å²) in [5, 5.41) is 6.24. The van der Waals surface area contributed by atoms with Crippen molar-refractivity contribution in [1.82, 2.24) is 5.16 Å². The molecule has 140 valence electrons. The van der Waals surface area contributed by atoms with Crippen molar-refractivity contribution in [1.29, 1.82) is 0 Å². The van der Waals surface area contributed by atoms with Crippen LogP contribution >= 0.6 is 0 Å². The maximum atomic E-state index is 12.5. The summed E-state index contributed by atoms with van der Waals surface area (Å²) < 4.78 is 37.4. The fourth-order valence-corrected chi connectivity index (χ4v) is 3.35. The molecule has 0 aliphatic carbocycles. The molecule has 8 nitrogen and oxygen atoms in total. The lowest BCUT2D eigenvalue weighted by Gasteiger charge is -2.10. The number of benzene rings is 2. The number of carbonyl (C=O) groups is 1. The molecule has 3 rings (SSSR count). The van der Waals surface area contributed by atoms with E-state index < -0.39 is 15.9 Å². The van der Waals surface area contributed by atoms with E-state index in [4.69, 9.17) is 9.26 Å². The zero-order valence-electron chi connectivity index (χ0n) is 14.6. The lowest BCUT2D eigenvalue weighted by atomic mass is 10.2. The molecule has 0 aliphatic heterocycles. The average molecular weight is 387 g/mol. The first kappa shape index (κ1) is 18.5. The van der Waals surface area contributed by atoms with E-state index in [2.05, 4.69) is 15.2 Å². The van der Waals surface area contributed by atoms with Crippen molar-refractivity contribution in [3.8, 4) is 5.75 Å². The van der Waals surface area contributed by atoms with Gasteiger partial charge in [-0.1, -0.05) is 11.2 Å². The zero-order valence-corrected chi connectivity index (χ0v) is 15.4. The first-order valence-electron chi connectivity index (χ1n) is 7.89. The lowest BCUT2D eigenvalue weighted by molar-refractivity contribution is 0.102. The molecule has 1 heterocycles. The average Bonchev–Trinajstić information content (AvgIpc) is 3.06. The number of carbonyl (C=O) groups excluding carboxylic acids is 1. The van der Waals surface area contributed by atoms with Gasteiger partial charge in [0.05, 0.1) is 17.7 Å². The number of amides is 1. The molecule has 0 saturated heterocycles. The van der Waals surface area contributed by atoms with Gasteiger partial charge in [-0.2, -0.15) is 0 Å². The van der Waals surface area contributed by atoms with Crippen LogP contribution in [0.25, 0.3) is 0 Å². The van der Waals surface area contributed by atoms with Gasteiger partial charge < -0.3 is 14.6 Å². The summed E-state index contributed by atoms with van der Waals surface area (Å²) in [6.45, 7) is 1.71. The predicted molar refractivity (Wildman–Crippen MR) is 99.4 cm³/mol.